The van der Waals surface area contributed by atoms with Crippen molar-refractivity contribution in [3.63, 3.8) is 0 Å². The number of ketones is 1. The highest BCUT2D eigenvalue weighted by molar-refractivity contribution is 5.85. The van der Waals surface area contributed by atoms with Crippen LogP contribution in [0.5, 0.6) is 0 Å². The maximum Gasteiger partial charge on any atom is 0.178 e. The summed E-state index contributed by atoms with van der Waals surface area (Å²) in [6.07, 6.45) is 7.22. The molecule has 0 aliphatic carbocycles. The molecule has 0 saturated heterocycles. The average molecular weight is 297 g/mol. The fourth-order valence-electron chi connectivity index (χ4n) is 1.85. The number of oxime groups is 1. The van der Waals surface area contributed by atoms with Crippen molar-refractivity contribution in [2.75, 3.05) is 6.61 Å². The number of carbonyl (C=O) groups excluding carboxylic acids is 1. The second kappa shape index (κ2) is 9.22. The van der Waals surface area contributed by atoms with Crippen LogP contribution in [0.4, 0.5) is 0 Å². The Bertz CT molecular complexity index is 332. The lowest BCUT2D eigenvalue weighted by Crippen LogP contribution is -2.24. The summed E-state index contributed by atoms with van der Waals surface area (Å²) in [5.41, 5.74) is 1.08. The third-order valence-electron chi connectivity index (χ3n) is 3.47. The molecular weight excluding hydrogens is 262 g/mol. The third kappa shape index (κ3) is 12.6. The van der Waals surface area contributed by atoms with E-state index in [0.717, 1.165) is 18.6 Å². The number of nitrogens with zero attached hydrogens (tertiary/aromatic N) is 1. The summed E-state index contributed by atoms with van der Waals surface area (Å²) in [4.78, 5) is 16.8. The minimum Gasteiger partial charge on any atom is -0.388 e. The number of hydrogen-bond donors (Lipinski definition) is 0. The fraction of sp³-hybridized carbons (Fsp3) is 0.889. The molecule has 0 aliphatic heterocycles. The van der Waals surface area contributed by atoms with Crippen molar-refractivity contribution in [2.24, 2.45) is 16.0 Å². The van der Waals surface area contributed by atoms with Crippen LogP contribution in [0.2, 0.25) is 0 Å². The van der Waals surface area contributed by atoms with E-state index in [9.17, 15) is 4.79 Å². The standard InChI is InChI=1S/C18H35NO2/c1-15(19-21-14-16(20)18(5,6)7)12-10-8-9-11-13-17(2,3)4/h8-14H2,1-7H3/b19-15+. The minimum absolute atomic E-state index is 0.0758. The van der Waals surface area contributed by atoms with Gasteiger partial charge in [0.1, 0.15) is 0 Å². The second-order valence-electron chi connectivity index (χ2n) is 8.25. The second-order valence-corrected chi connectivity index (χ2v) is 8.25. The van der Waals surface area contributed by atoms with Gasteiger partial charge in [0, 0.05) is 5.41 Å². The van der Waals surface area contributed by atoms with Gasteiger partial charge >= 0.3 is 0 Å². The lowest BCUT2D eigenvalue weighted by Gasteiger charge is -2.17. The average Bonchev–Trinajstić information content (AvgIpc) is 2.31. The van der Waals surface area contributed by atoms with Crippen LogP contribution in [0.1, 0.15) is 87.0 Å². The molecule has 0 bridgehead atoms. The van der Waals surface area contributed by atoms with Crippen molar-refractivity contribution in [3.05, 3.63) is 0 Å². The Kier molecular flexibility index (Phi) is 8.84. The van der Waals surface area contributed by atoms with Gasteiger partial charge < -0.3 is 4.84 Å². The predicted octanol–water partition coefficient (Wildman–Crippen LogP) is 5.38. The third-order valence-corrected chi connectivity index (χ3v) is 3.47. The molecule has 0 aliphatic rings. The van der Waals surface area contributed by atoms with Crippen LogP contribution >= 0.6 is 0 Å². The van der Waals surface area contributed by atoms with Gasteiger partial charge in [0.15, 0.2) is 12.4 Å². The van der Waals surface area contributed by atoms with Crippen LogP contribution in [0.15, 0.2) is 5.16 Å². The molecule has 21 heavy (non-hydrogen) atoms. The van der Waals surface area contributed by atoms with Crippen molar-refractivity contribution in [1.82, 2.24) is 0 Å². The summed E-state index contributed by atoms with van der Waals surface area (Å²) in [6, 6.07) is 0. The first kappa shape index (κ1) is 20.1. The van der Waals surface area contributed by atoms with Gasteiger partial charge in [0.25, 0.3) is 0 Å². The Balaban J connectivity index is 3.68. The highest BCUT2D eigenvalue weighted by atomic mass is 16.6. The molecule has 0 atom stereocenters. The Labute approximate surface area is 131 Å². The summed E-state index contributed by atoms with van der Waals surface area (Å²) in [5.74, 6) is 0.0845. The summed E-state index contributed by atoms with van der Waals surface area (Å²) in [5, 5.41) is 4.03. The van der Waals surface area contributed by atoms with Gasteiger partial charge in [-0.1, -0.05) is 66.0 Å². The van der Waals surface area contributed by atoms with Gasteiger partial charge in [-0.2, -0.15) is 0 Å². The zero-order valence-corrected chi connectivity index (χ0v) is 15.2. The predicted molar refractivity (Wildman–Crippen MR) is 90.7 cm³/mol. The molecule has 0 spiro atoms. The van der Waals surface area contributed by atoms with Crippen molar-refractivity contribution < 1.29 is 9.63 Å². The summed E-state index contributed by atoms with van der Waals surface area (Å²) in [6.45, 7) is 14.6. The fourth-order valence-corrected chi connectivity index (χ4v) is 1.85. The molecule has 124 valence electrons. The molecule has 0 unspecified atom stereocenters. The summed E-state index contributed by atoms with van der Waals surface area (Å²) in [7, 11) is 0. The highest BCUT2D eigenvalue weighted by Gasteiger charge is 2.21. The molecule has 0 fully saturated rings. The first-order valence-corrected chi connectivity index (χ1v) is 8.21. The van der Waals surface area contributed by atoms with E-state index in [0.29, 0.717) is 5.41 Å². The monoisotopic (exact) mass is 297 g/mol. The zero-order valence-electron chi connectivity index (χ0n) is 15.2. The number of rotatable bonds is 9. The first-order valence-electron chi connectivity index (χ1n) is 8.21. The zero-order chi connectivity index (χ0) is 16.5. The van der Waals surface area contributed by atoms with E-state index >= 15 is 0 Å². The van der Waals surface area contributed by atoms with Gasteiger partial charge in [-0.3, -0.25) is 4.79 Å². The molecule has 0 aromatic rings. The van der Waals surface area contributed by atoms with Gasteiger partial charge in [-0.15, -0.1) is 0 Å². The van der Waals surface area contributed by atoms with E-state index in [1.807, 2.05) is 27.7 Å². The Morgan fingerprint density at radius 1 is 0.952 bits per heavy atom. The molecule has 0 radical (unpaired) electrons. The normalized spacial score (nSPS) is 13.4. The van der Waals surface area contributed by atoms with Crippen LogP contribution in [0, 0.1) is 10.8 Å². The van der Waals surface area contributed by atoms with Gasteiger partial charge in [0.2, 0.25) is 0 Å². The molecule has 0 aromatic carbocycles. The number of unbranched alkanes of at least 4 members (excludes halogenated alkanes) is 3. The van der Waals surface area contributed by atoms with Crippen LogP contribution < -0.4 is 0 Å². The molecule has 0 heterocycles. The first-order chi connectivity index (χ1) is 9.52. The molecule has 0 rings (SSSR count). The maximum atomic E-state index is 11.7. The van der Waals surface area contributed by atoms with Gasteiger partial charge in [0.05, 0.1) is 5.71 Å². The lowest BCUT2D eigenvalue weighted by atomic mass is 9.89. The molecular formula is C18H35NO2. The summed E-state index contributed by atoms with van der Waals surface area (Å²) >= 11 is 0. The largest absolute Gasteiger partial charge is 0.388 e. The molecule has 3 nitrogen and oxygen atoms in total. The lowest BCUT2D eigenvalue weighted by molar-refractivity contribution is -0.131. The van der Waals surface area contributed by atoms with Crippen molar-refractivity contribution >= 4 is 11.5 Å². The van der Waals surface area contributed by atoms with E-state index in [4.69, 9.17) is 4.84 Å². The van der Waals surface area contributed by atoms with Crippen molar-refractivity contribution in [3.8, 4) is 0 Å². The van der Waals surface area contributed by atoms with E-state index in [2.05, 4.69) is 25.9 Å². The SMILES string of the molecule is C/C(CCCCCCC(C)(C)C)=N\OCC(=O)C(C)(C)C. The Hall–Kier alpha value is -0.860. The minimum atomic E-state index is -0.351. The topological polar surface area (TPSA) is 38.7 Å². The highest BCUT2D eigenvalue weighted by Crippen LogP contribution is 2.22. The number of carbonyl (C=O) groups is 1. The maximum absolute atomic E-state index is 11.7. The smallest absolute Gasteiger partial charge is 0.178 e. The van der Waals surface area contributed by atoms with Gasteiger partial charge in [-0.25, -0.2) is 0 Å². The molecule has 0 N–H and O–H groups in total. The van der Waals surface area contributed by atoms with E-state index < -0.39 is 0 Å². The quantitative estimate of drug-likeness (QED) is 0.325. The van der Waals surface area contributed by atoms with Crippen LogP contribution in [-0.2, 0) is 9.63 Å². The van der Waals surface area contributed by atoms with Gasteiger partial charge in [-0.05, 0) is 31.6 Å². The molecule has 0 aromatic heterocycles. The molecule has 3 heteroatoms. The Morgan fingerprint density at radius 3 is 2.05 bits per heavy atom. The van der Waals surface area contributed by atoms with E-state index in [-0.39, 0.29) is 17.8 Å². The number of Topliss-reactive ketones (excluding diaryl/α,β-unsaturated/α-hetero) is 1. The molecule has 0 amide bonds. The Morgan fingerprint density at radius 2 is 1.52 bits per heavy atom. The van der Waals surface area contributed by atoms with Crippen LogP contribution in [0.25, 0.3) is 0 Å². The van der Waals surface area contributed by atoms with E-state index in [1.54, 1.807) is 0 Å². The van der Waals surface area contributed by atoms with Crippen LogP contribution in [0.3, 0.4) is 0 Å². The van der Waals surface area contributed by atoms with Crippen molar-refractivity contribution in [1.29, 1.82) is 0 Å². The van der Waals surface area contributed by atoms with Crippen LogP contribution in [-0.4, -0.2) is 18.1 Å². The van der Waals surface area contributed by atoms with Crippen molar-refractivity contribution in [2.45, 2.75) is 87.0 Å². The molecule has 0 saturated carbocycles. The van der Waals surface area contributed by atoms with E-state index in [1.165, 1.54) is 25.7 Å². The number of hydrogen-bond acceptors (Lipinski definition) is 3. The summed E-state index contributed by atoms with van der Waals surface area (Å²) < 4.78 is 0.